The maximum atomic E-state index is 10.2. The number of fused-ring (bicyclic) bond motifs is 1. The zero-order chi connectivity index (χ0) is 10.7. The summed E-state index contributed by atoms with van der Waals surface area (Å²) in [5, 5.41) is 12.4. The molecule has 0 bridgehead atoms. The second-order valence-electron chi connectivity index (χ2n) is 4.51. The first-order valence-corrected chi connectivity index (χ1v) is 6.95. The smallest absolute Gasteiger partial charge is 0.0609 e. The van der Waals surface area contributed by atoms with Gasteiger partial charge in [-0.25, -0.2) is 0 Å². The SMILES string of the molecule is CCCCC(O)C1CCCc2sccc21. The molecule has 15 heavy (non-hydrogen) atoms. The van der Waals surface area contributed by atoms with Gasteiger partial charge in [-0.15, -0.1) is 11.3 Å². The molecule has 0 saturated carbocycles. The van der Waals surface area contributed by atoms with Crippen molar-refractivity contribution < 1.29 is 5.11 Å². The summed E-state index contributed by atoms with van der Waals surface area (Å²) in [7, 11) is 0. The fourth-order valence-corrected chi connectivity index (χ4v) is 3.53. The fourth-order valence-electron chi connectivity index (χ4n) is 2.54. The van der Waals surface area contributed by atoms with Crippen molar-refractivity contribution in [2.24, 2.45) is 0 Å². The summed E-state index contributed by atoms with van der Waals surface area (Å²) >= 11 is 1.86. The highest BCUT2D eigenvalue weighted by atomic mass is 32.1. The van der Waals surface area contributed by atoms with Crippen molar-refractivity contribution in [3.8, 4) is 0 Å². The Morgan fingerprint density at radius 3 is 3.27 bits per heavy atom. The molecule has 1 aromatic rings. The average molecular weight is 224 g/mol. The summed E-state index contributed by atoms with van der Waals surface area (Å²) in [5.41, 5.74) is 1.44. The highest BCUT2D eigenvalue weighted by Gasteiger charge is 2.26. The molecule has 0 aliphatic heterocycles. The molecule has 0 aromatic carbocycles. The number of aliphatic hydroxyl groups is 1. The van der Waals surface area contributed by atoms with Gasteiger partial charge in [0.2, 0.25) is 0 Å². The standard InChI is InChI=1S/C13H20OS/c1-2-3-6-12(14)10-5-4-7-13-11(10)8-9-15-13/h8-10,12,14H,2-7H2,1H3. The lowest BCUT2D eigenvalue weighted by atomic mass is 9.82. The summed E-state index contributed by atoms with van der Waals surface area (Å²) in [6.45, 7) is 2.18. The minimum atomic E-state index is -0.112. The van der Waals surface area contributed by atoms with Crippen LogP contribution in [0.2, 0.25) is 0 Å². The van der Waals surface area contributed by atoms with Crippen LogP contribution in [0.15, 0.2) is 11.4 Å². The average Bonchev–Trinajstić information content (AvgIpc) is 2.73. The Labute approximate surface area is 96.1 Å². The molecule has 0 fully saturated rings. The van der Waals surface area contributed by atoms with E-state index in [0.29, 0.717) is 5.92 Å². The van der Waals surface area contributed by atoms with Gasteiger partial charge in [-0.1, -0.05) is 19.8 Å². The molecule has 1 aromatic heterocycles. The summed E-state index contributed by atoms with van der Waals surface area (Å²) in [5.74, 6) is 0.423. The molecule has 2 atom stereocenters. The molecule has 1 heterocycles. The third-order valence-electron chi connectivity index (χ3n) is 3.42. The van der Waals surface area contributed by atoms with E-state index in [0.717, 1.165) is 12.8 Å². The number of rotatable bonds is 4. The molecule has 84 valence electrons. The van der Waals surface area contributed by atoms with Gasteiger partial charge in [0.15, 0.2) is 0 Å². The van der Waals surface area contributed by atoms with Gasteiger partial charge in [-0.3, -0.25) is 0 Å². The molecule has 0 spiro atoms. The van der Waals surface area contributed by atoms with Crippen LogP contribution in [0.25, 0.3) is 0 Å². The fraction of sp³-hybridized carbons (Fsp3) is 0.692. The van der Waals surface area contributed by atoms with Gasteiger partial charge < -0.3 is 5.11 Å². The van der Waals surface area contributed by atoms with Crippen molar-refractivity contribution in [1.29, 1.82) is 0 Å². The molecule has 2 rings (SSSR count). The predicted molar refractivity (Wildman–Crippen MR) is 65.5 cm³/mol. The summed E-state index contributed by atoms with van der Waals surface area (Å²) < 4.78 is 0. The molecule has 1 aliphatic rings. The molecule has 2 unspecified atom stereocenters. The first-order valence-electron chi connectivity index (χ1n) is 6.07. The zero-order valence-electron chi connectivity index (χ0n) is 9.41. The van der Waals surface area contributed by atoms with Crippen LogP contribution in [0.3, 0.4) is 0 Å². The Bertz CT molecular complexity index is 305. The van der Waals surface area contributed by atoms with Gasteiger partial charge in [0.05, 0.1) is 6.10 Å². The van der Waals surface area contributed by atoms with Crippen LogP contribution in [0.5, 0.6) is 0 Å². The van der Waals surface area contributed by atoms with Crippen molar-refractivity contribution in [2.75, 3.05) is 0 Å². The van der Waals surface area contributed by atoms with Crippen molar-refractivity contribution in [2.45, 2.75) is 57.5 Å². The van der Waals surface area contributed by atoms with E-state index in [1.807, 2.05) is 11.3 Å². The van der Waals surface area contributed by atoms with Gasteiger partial charge in [0, 0.05) is 10.8 Å². The van der Waals surface area contributed by atoms with Crippen LogP contribution < -0.4 is 0 Å². The third kappa shape index (κ3) is 2.43. The van der Waals surface area contributed by atoms with Crippen LogP contribution in [0, 0.1) is 0 Å². The van der Waals surface area contributed by atoms with Gasteiger partial charge >= 0.3 is 0 Å². The molecule has 0 saturated heterocycles. The molecule has 1 nitrogen and oxygen atoms in total. The minimum absolute atomic E-state index is 0.112. The van der Waals surface area contributed by atoms with E-state index >= 15 is 0 Å². The monoisotopic (exact) mass is 224 g/mol. The third-order valence-corrected chi connectivity index (χ3v) is 4.41. The van der Waals surface area contributed by atoms with Crippen molar-refractivity contribution >= 4 is 11.3 Å². The highest BCUT2D eigenvalue weighted by molar-refractivity contribution is 7.10. The van der Waals surface area contributed by atoms with E-state index in [4.69, 9.17) is 0 Å². The summed E-state index contributed by atoms with van der Waals surface area (Å²) in [6.07, 6.45) is 6.84. The number of unbranched alkanes of at least 4 members (excludes halogenated alkanes) is 1. The van der Waals surface area contributed by atoms with E-state index < -0.39 is 0 Å². The van der Waals surface area contributed by atoms with E-state index in [1.165, 1.54) is 36.1 Å². The second kappa shape index (κ2) is 5.13. The first-order chi connectivity index (χ1) is 7.33. The van der Waals surface area contributed by atoms with Crippen LogP contribution in [-0.4, -0.2) is 11.2 Å². The van der Waals surface area contributed by atoms with Crippen molar-refractivity contribution in [3.63, 3.8) is 0 Å². The quantitative estimate of drug-likeness (QED) is 0.826. The van der Waals surface area contributed by atoms with Gasteiger partial charge in [0.1, 0.15) is 0 Å². The molecule has 0 amide bonds. The van der Waals surface area contributed by atoms with E-state index in [2.05, 4.69) is 18.4 Å². The number of aryl methyl sites for hydroxylation is 1. The van der Waals surface area contributed by atoms with E-state index in [9.17, 15) is 5.11 Å². The summed E-state index contributed by atoms with van der Waals surface area (Å²) in [6, 6.07) is 2.22. The predicted octanol–water partition coefficient (Wildman–Crippen LogP) is 3.72. The topological polar surface area (TPSA) is 20.2 Å². The Balaban J connectivity index is 2.05. The maximum absolute atomic E-state index is 10.2. The molecular weight excluding hydrogens is 204 g/mol. The maximum Gasteiger partial charge on any atom is 0.0609 e. The van der Waals surface area contributed by atoms with Gasteiger partial charge in [0.25, 0.3) is 0 Å². The largest absolute Gasteiger partial charge is 0.392 e. The number of aliphatic hydroxyl groups excluding tert-OH is 1. The van der Waals surface area contributed by atoms with Crippen LogP contribution >= 0.6 is 11.3 Å². The summed E-state index contributed by atoms with van der Waals surface area (Å²) in [4.78, 5) is 1.52. The molecule has 1 aliphatic carbocycles. The van der Waals surface area contributed by atoms with Crippen LogP contribution in [0.4, 0.5) is 0 Å². The second-order valence-corrected chi connectivity index (χ2v) is 5.51. The zero-order valence-corrected chi connectivity index (χ0v) is 10.2. The number of hydrogen-bond acceptors (Lipinski definition) is 2. The number of thiophene rings is 1. The van der Waals surface area contributed by atoms with Crippen LogP contribution in [0.1, 0.15) is 55.4 Å². The molecular formula is C13H20OS. The van der Waals surface area contributed by atoms with Crippen LogP contribution in [-0.2, 0) is 6.42 Å². The number of hydrogen-bond donors (Lipinski definition) is 1. The Kier molecular flexibility index (Phi) is 3.81. The van der Waals surface area contributed by atoms with Gasteiger partial charge in [-0.05, 0) is 42.7 Å². The first kappa shape index (κ1) is 11.2. The van der Waals surface area contributed by atoms with Gasteiger partial charge in [-0.2, -0.15) is 0 Å². The molecule has 0 radical (unpaired) electrons. The molecule has 2 heteroatoms. The van der Waals surface area contributed by atoms with E-state index in [-0.39, 0.29) is 6.10 Å². The lowest BCUT2D eigenvalue weighted by Crippen LogP contribution is -2.21. The highest BCUT2D eigenvalue weighted by Crippen LogP contribution is 2.38. The lowest BCUT2D eigenvalue weighted by molar-refractivity contribution is 0.123. The minimum Gasteiger partial charge on any atom is -0.392 e. The van der Waals surface area contributed by atoms with Crippen molar-refractivity contribution in [3.05, 3.63) is 21.9 Å². The molecule has 1 N–H and O–H groups in total. The Hall–Kier alpha value is -0.340. The lowest BCUT2D eigenvalue weighted by Gasteiger charge is -2.27. The Morgan fingerprint density at radius 1 is 1.60 bits per heavy atom. The Morgan fingerprint density at radius 2 is 2.47 bits per heavy atom. The van der Waals surface area contributed by atoms with E-state index in [1.54, 1.807) is 0 Å². The normalized spacial score (nSPS) is 22.4. The van der Waals surface area contributed by atoms with Crippen molar-refractivity contribution in [1.82, 2.24) is 0 Å².